The van der Waals surface area contributed by atoms with Gasteiger partial charge in [0.05, 0.1) is 13.7 Å². The van der Waals surface area contributed by atoms with E-state index >= 15 is 0 Å². The Morgan fingerprint density at radius 3 is 2.81 bits per heavy atom. The Kier molecular flexibility index (Phi) is 6.02. The summed E-state index contributed by atoms with van der Waals surface area (Å²) in [6.07, 6.45) is 1.79. The number of rotatable bonds is 6. The van der Waals surface area contributed by atoms with Crippen molar-refractivity contribution in [3.63, 3.8) is 0 Å². The summed E-state index contributed by atoms with van der Waals surface area (Å²) in [5, 5.41) is 6.28. The first kappa shape index (κ1) is 15.8. The van der Waals surface area contributed by atoms with Crippen molar-refractivity contribution < 1.29 is 14.3 Å². The Hall–Kier alpha value is -1.59. The molecule has 5 heteroatoms. The third-order valence-electron chi connectivity index (χ3n) is 3.76. The smallest absolute Gasteiger partial charge is 0.234 e. The summed E-state index contributed by atoms with van der Waals surface area (Å²) in [5.41, 5.74) is 1.05. The summed E-state index contributed by atoms with van der Waals surface area (Å²) < 4.78 is 10.6. The zero-order chi connectivity index (χ0) is 15.1. The number of hydrogen-bond donors (Lipinski definition) is 2. The van der Waals surface area contributed by atoms with Gasteiger partial charge in [0.25, 0.3) is 0 Å². The standard InChI is InChI=1S/C16H24N2O3/c1-12(14-5-3-4-6-15(14)20-2)17-11-16(19)18-13-7-9-21-10-8-13/h3-6,12-13,17H,7-11H2,1-2H3,(H,18,19)/t12-/m0/s1. The summed E-state index contributed by atoms with van der Waals surface area (Å²) in [7, 11) is 1.66. The molecule has 1 aromatic rings. The predicted octanol–water partition coefficient (Wildman–Crippen LogP) is 1.64. The normalized spacial score (nSPS) is 17.2. The molecule has 1 fully saturated rings. The number of benzene rings is 1. The molecule has 1 saturated heterocycles. The van der Waals surface area contributed by atoms with Crippen LogP contribution in [-0.4, -0.2) is 38.8 Å². The van der Waals surface area contributed by atoms with Gasteiger partial charge in [-0.15, -0.1) is 0 Å². The summed E-state index contributed by atoms with van der Waals surface area (Å²) in [6.45, 7) is 3.79. The fourth-order valence-corrected chi connectivity index (χ4v) is 2.50. The predicted molar refractivity (Wildman–Crippen MR) is 81.4 cm³/mol. The average Bonchev–Trinajstić information content (AvgIpc) is 2.53. The fraction of sp³-hybridized carbons (Fsp3) is 0.562. The maximum atomic E-state index is 12.0. The molecule has 1 aliphatic rings. The van der Waals surface area contributed by atoms with Crippen molar-refractivity contribution >= 4 is 5.91 Å². The minimum absolute atomic E-state index is 0.0312. The summed E-state index contributed by atoms with van der Waals surface area (Å²) in [5.74, 6) is 0.867. The molecule has 0 bridgehead atoms. The maximum Gasteiger partial charge on any atom is 0.234 e. The second-order valence-corrected chi connectivity index (χ2v) is 5.30. The SMILES string of the molecule is COc1ccccc1[C@H](C)NCC(=O)NC1CCOCC1. The number of para-hydroxylation sites is 1. The lowest BCUT2D eigenvalue weighted by molar-refractivity contribution is -0.121. The summed E-state index contributed by atoms with van der Waals surface area (Å²) in [4.78, 5) is 12.0. The van der Waals surface area contributed by atoms with Crippen molar-refractivity contribution in [1.82, 2.24) is 10.6 Å². The van der Waals surface area contributed by atoms with Gasteiger partial charge in [0, 0.05) is 30.9 Å². The van der Waals surface area contributed by atoms with Gasteiger partial charge < -0.3 is 20.1 Å². The highest BCUT2D eigenvalue weighted by Gasteiger charge is 2.17. The van der Waals surface area contributed by atoms with Crippen LogP contribution in [0.1, 0.15) is 31.4 Å². The van der Waals surface area contributed by atoms with E-state index in [0.29, 0.717) is 6.54 Å². The van der Waals surface area contributed by atoms with Gasteiger partial charge in [0.1, 0.15) is 5.75 Å². The third-order valence-corrected chi connectivity index (χ3v) is 3.76. The van der Waals surface area contributed by atoms with Crippen LogP contribution in [0.15, 0.2) is 24.3 Å². The van der Waals surface area contributed by atoms with E-state index in [4.69, 9.17) is 9.47 Å². The number of carbonyl (C=O) groups is 1. The van der Waals surface area contributed by atoms with Gasteiger partial charge in [-0.2, -0.15) is 0 Å². The number of hydrogen-bond acceptors (Lipinski definition) is 4. The second-order valence-electron chi connectivity index (χ2n) is 5.30. The highest BCUT2D eigenvalue weighted by molar-refractivity contribution is 5.78. The van der Waals surface area contributed by atoms with Gasteiger partial charge in [0.15, 0.2) is 0 Å². The first-order chi connectivity index (χ1) is 10.2. The van der Waals surface area contributed by atoms with Crippen molar-refractivity contribution in [3.05, 3.63) is 29.8 Å². The molecule has 5 nitrogen and oxygen atoms in total. The molecule has 1 atom stereocenters. The molecule has 2 N–H and O–H groups in total. The van der Waals surface area contributed by atoms with Crippen LogP contribution >= 0.6 is 0 Å². The molecule has 1 heterocycles. The zero-order valence-electron chi connectivity index (χ0n) is 12.7. The lowest BCUT2D eigenvalue weighted by atomic mass is 10.1. The molecule has 2 rings (SSSR count). The van der Waals surface area contributed by atoms with E-state index in [2.05, 4.69) is 10.6 Å². The molecular weight excluding hydrogens is 268 g/mol. The van der Waals surface area contributed by atoms with Crippen LogP contribution in [0.25, 0.3) is 0 Å². The zero-order valence-corrected chi connectivity index (χ0v) is 12.7. The van der Waals surface area contributed by atoms with E-state index in [1.807, 2.05) is 31.2 Å². The van der Waals surface area contributed by atoms with E-state index in [0.717, 1.165) is 37.4 Å². The van der Waals surface area contributed by atoms with Crippen molar-refractivity contribution in [2.75, 3.05) is 26.9 Å². The molecule has 0 unspecified atom stereocenters. The van der Waals surface area contributed by atoms with Gasteiger partial charge in [0.2, 0.25) is 5.91 Å². The van der Waals surface area contributed by atoms with Crippen molar-refractivity contribution in [2.24, 2.45) is 0 Å². The van der Waals surface area contributed by atoms with E-state index in [-0.39, 0.29) is 18.0 Å². The molecule has 116 valence electrons. The Balaban J connectivity index is 1.80. The van der Waals surface area contributed by atoms with Crippen LogP contribution in [0.5, 0.6) is 5.75 Å². The Bertz CT molecular complexity index is 459. The van der Waals surface area contributed by atoms with Gasteiger partial charge in [-0.1, -0.05) is 18.2 Å². The van der Waals surface area contributed by atoms with E-state index in [1.54, 1.807) is 7.11 Å². The maximum absolute atomic E-state index is 12.0. The van der Waals surface area contributed by atoms with Gasteiger partial charge in [-0.05, 0) is 25.8 Å². The van der Waals surface area contributed by atoms with Crippen molar-refractivity contribution in [1.29, 1.82) is 0 Å². The molecular formula is C16H24N2O3. The quantitative estimate of drug-likeness (QED) is 0.837. The van der Waals surface area contributed by atoms with E-state index < -0.39 is 0 Å². The largest absolute Gasteiger partial charge is 0.496 e. The first-order valence-corrected chi connectivity index (χ1v) is 7.44. The Labute approximate surface area is 126 Å². The van der Waals surface area contributed by atoms with Crippen molar-refractivity contribution in [3.8, 4) is 5.75 Å². The average molecular weight is 292 g/mol. The molecule has 0 radical (unpaired) electrons. The molecule has 0 spiro atoms. The first-order valence-electron chi connectivity index (χ1n) is 7.44. The van der Waals surface area contributed by atoms with E-state index in [9.17, 15) is 4.79 Å². The molecule has 0 aromatic heterocycles. The third kappa shape index (κ3) is 4.72. The Morgan fingerprint density at radius 1 is 1.38 bits per heavy atom. The lowest BCUT2D eigenvalue weighted by Gasteiger charge is -2.24. The summed E-state index contributed by atoms with van der Waals surface area (Å²) >= 11 is 0. The van der Waals surface area contributed by atoms with Gasteiger partial charge in [-0.25, -0.2) is 0 Å². The van der Waals surface area contributed by atoms with Gasteiger partial charge in [-0.3, -0.25) is 4.79 Å². The second kappa shape index (κ2) is 8.00. The lowest BCUT2D eigenvalue weighted by Crippen LogP contribution is -2.43. The van der Waals surface area contributed by atoms with Crippen molar-refractivity contribution in [2.45, 2.75) is 31.8 Å². The van der Waals surface area contributed by atoms with E-state index in [1.165, 1.54) is 0 Å². The van der Waals surface area contributed by atoms with Crippen LogP contribution in [0.4, 0.5) is 0 Å². The fourth-order valence-electron chi connectivity index (χ4n) is 2.50. The minimum atomic E-state index is 0.0312. The molecule has 1 amide bonds. The van der Waals surface area contributed by atoms with Crippen LogP contribution in [0, 0.1) is 0 Å². The Morgan fingerprint density at radius 2 is 2.10 bits per heavy atom. The van der Waals surface area contributed by atoms with Crippen LogP contribution in [-0.2, 0) is 9.53 Å². The molecule has 21 heavy (non-hydrogen) atoms. The van der Waals surface area contributed by atoms with Gasteiger partial charge >= 0.3 is 0 Å². The topological polar surface area (TPSA) is 59.6 Å². The molecule has 1 aliphatic heterocycles. The molecule has 0 saturated carbocycles. The monoisotopic (exact) mass is 292 g/mol. The minimum Gasteiger partial charge on any atom is -0.496 e. The number of amides is 1. The summed E-state index contributed by atoms with van der Waals surface area (Å²) in [6, 6.07) is 8.14. The number of methoxy groups -OCH3 is 1. The number of ether oxygens (including phenoxy) is 2. The number of nitrogens with one attached hydrogen (secondary N) is 2. The molecule has 1 aromatic carbocycles. The van der Waals surface area contributed by atoms with Crippen LogP contribution < -0.4 is 15.4 Å². The highest BCUT2D eigenvalue weighted by Crippen LogP contribution is 2.23. The highest BCUT2D eigenvalue weighted by atomic mass is 16.5. The molecule has 0 aliphatic carbocycles. The number of carbonyl (C=O) groups excluding carboxylic acids is 1. The van der Waals surface area contributed by atoms with Crippen LogP contribution in [0.2, 0.25) is 0 Å². The van der Waals surface area contributed by atoms with Crippen LogP contribution in [0.3, 0.4) is 0 Å².